The third-order valence-electron chi connectivity index (χ3n) is 3.70. The molecule has 0 spiro atoms. The van der Waals surface area contributed by atoms with Crippen LogP contribution in [0, 0.1) is 11.8 Å². The van der Waals surface area contributed by atoms with E-state index in [1.807, 2.05) is 0 Å². The van der Waals surface area contributed by atoms with E-state index in [0.717, 1.165) is 12.5 Å². The van der Waals surface area contributed by atoms with Crippen molar-refractivity contribution in [3.05, 3.63) is 23.3 Å². The molecule has 1 heteroatoms. The van der Waals surface area contributed by atoms with E-state index >= 15 is 0 Å². The van der Waals surface area contributed by atoms with Gasteiger partial charge in [-0.1, -0.05) is 31.1 Å². The highest BCUT2D eigenvalue weighted by Gasteiger charge is 2.17. The second-order valence-electron chi connectivity index (χ2n) is 4.85. The summed E-state index contributed by atoms with van der Waals surface area (Å²) in [7, 11) is 0. The zero-order valence-corrected chi connectivity index (χ0v) is 10.4. The molecular weight excluding hydrogens is 182 g/mol. The van der Waals surface area contributed by atoms with Crippen LogP contribution in [0.25, 0.3) is 0 Å². The lowest BCUT2D eigenvalue weighted by molar-refractivity contribution is 0.424. The van der Waals surface area contributed by atoms with Gasteiger partial charge in [-0.15, -0.1) is 0 Å². The van der Waals surface area contributed by atoms with E-state index in [-0.39, 0.29) is 0 Å². The maximum atomic E-state index is 5.82. The first-order valence-corrected chi connectivity index (χ1v) is 6.21. The van der Waals surface area contributed by atoms with E-state index in [1.54, 1.807) is 5.57 Å². The molecule has 2 atom stereocenters. The molecule has 15 heavy (non-hydrogen) atoms. The van der Waals surface area contributed by atoms with E-state index < -0.39 is 0 Å². The van der Waals surface area contributed by atoms with Gasteiger partial charge >= 0.3 is 0 Å². The van der Waals surface area contributed by atoms with Crippen molar-refractivity contribution in [2.24, 2.45) is 17.6 Å². The van der Waals surface area contributed by atoms with Crippen LogP contribution >= 0.6 is 0 Å². The first kappa shape index (κ1) is 12.5. The Kier molecular flexibility index (Phi) is 5.10. The number of rotatable bonds is 2. The van der Waals surface area contributed by atoms with Gasteiger partial charge in [0, 0.05) is 0 Å². The van der Waals surface area contributed by atoms with Crippen LogP contribution < -0.4 is 5.73 Å². The van der Waals surface area contributed by atoms with E-state index in [1.165, 1.54) is 31.3 Å². The van der Waals surface area contributed by atoms with Gasteiger partial charge in [0.25, 0.3) is 0 Å². The van der Waals surface area contributed by atoms with Crippen molar-refractivity contribution in [3.8, 4) is 0 Å². The fourth-order valence-electron chi connectivity index (χ4n) is 2.42. The largest absolute Gasteiger partial charge is 0.330 e. The van der Waals surface area contributed by atoms with Gasteiger partial charge in [0.2, 0.25) is 0 Å². The lowest BCUT2D eigenvalue weighted by Gasteiger charge is -2.24. The smallest absolute Gasteiger partial charge is 0.00457 e. The molecule has 0 saturated carbocycles. The molecule has 1 aliphatic rings. The van der Waals surface area contributed by atoms with Crippen LogP contribution in [-0.2, 0) is 0 Å². The second-order valence-corrected chi connectivity index (χ2v) is 4.85. The quantitative estimate of drug-likeness (QED) is 0.734. The molecule has 0 fully saturated rings. The molecule has 2 unspecified atom stereocenters. The van der Waals surface area contributed by atoms with Crippen LogP contribution in [0.5, 0.6) is 0 Å². The summed E-state index contributed by atoms with van der Waals surface area (Å²) in [5.41, 5.74) is 8.92. The van der Waals surface area contributed by atoms with Gasteiger partial charge in [0.05, 0.1) is 0 Å². The average Bonchev–Trinajstić information content (AvgIpc) is 2.23. The van der Waals surface area contributed by atoms with Crippen molar-refractivity contribution < 1.29 is 0 Å². The van der Waals surface area contributed by atoms with E-state index in [0.29, 0.717) is 5.92 Å². The van der Waals surface area contributed by atoms with Gasteiger partial charge in [0.15, 0.2) is 0 Å². The monoisotopic (exact) mass is 207 g/mol. The highest BCUT2D eigenvalue weighted by atomic mass is 14.5. The van der Waals surface area contributed by atoms with Crippen LogP contribution in [0.3, 0.4) is 0 Å². The third kappa shape index (κ3) is 3.49. The molecule has 0 radical (unpaired) electrons. The summed E-state index contributed by atoms with van der Waals surface area (Å²) < 4.78 is 0. The van der Waals surface area contributed by atoms with Crippen LogP contribution in [-0.4, -0.2) is 6.54 Å². The maximum Gasteiger partial charge on any atom is -0.00457 e. The minimum absolute atomic E-state index is 0.693. The van der Waals surface area contributed by atoms with Crippen molar-refractivity contribution >= 4 is 0 Å². The fraction of sp³-hybridized carbons (Fsp3) is 0.714. The summed E-state index contributed by atoms with van der Waals surface area (Å²) in [6.45, 7) is 7.57. The number of nitrogens with two attached hydrogens (primary N) is 1. The summed E-state index contributed by atoms with van der Waals surface area (Å²) in [5, 5.41) is 0. The Morgan fingerprint density at radius 3 is 2.73 bits per heavy atom. The molecule has 0 aromatic rings. The summed E-state index contributed by atoms with van der Waals surface area (Å²) in [6.07, 6.45) is 9.57. The van der Waals surface area contributed by atoms with Crippen molar-refractivity contribution in [1.82, 2.24) is 0 Å². The molecule has 0 saturated heterocycles. The van der Waals surface area contributed by atoms with Crippen LogP contribution in [0.15, 0.2) is 23.3 Å². The zero-order valence-electron chi connectivity index (χ0n) is 10.4. The van der Waals surface area contributed by atoms with Crippen LogP contribution in [0.1, 0.15) is 46.5 Å². The lowest BCUT2D eigenvalue weighted by Crippen LogP contribution is -2.18. The van der Waals surface area contributed by atoms with E-state index in [2.05, 4.69) is 32.9 Å². The molecular formula is C14H25N. The lowest BCUT2D eigenvalue weighted by atomic mass is 9.82. The molecule has 0 aliphatic heterocycles. The zero-order chi connectivity index (χ0) is 11.3. The highest BCUT2D eigenvalue weighted by Crippen LogP contribution is 2.30. The Labute approximate surface area is 94.4 Å². The van der Waals surface area contributed by atoms with Crippen molar-refractivity contribution in [2.45, 2.75) is 46.5 Å². The minimum Gasteiger partial charge on any atom is -0.330 e. The molecule has 1 aliphatic carbocycles. The van der Waals surface area contributed by atoms with Gasteiger partial charge in [-0.2, -0.15) is 0 Å². The molecule has 0 aromatic carbocycles. The van der Waals surface area contributed by atoms with Gasteiger partial charge in [0.1, 0.15) is 0 Å². The van der Waals surface area contributed by atoms with Crippen LogP contribution in [0.2, 0.25) is 0 Å². The molecule has 0 heterocycles. The molecule has 0 aromatic heterocycles. The van der Waals surface area contributed by atoms with Gasteiger partial charge in [-0.25, -0.2) is 0 Å². The maximum absolute atomic E-state index is 5.82. The first-order chi connectivity index (χ1) is 7.19. The van der Waals surface area contributed by atoms with Crippen LogP contribution in [0.4, 0.5) is 0 Å². The molecule has 86 valence electrons. The van der Waals surface area contributed by atoms with Crippen molar-refractivity contribution in [2.75, 3.05) is 6.54 Å². The standard InChI is InChI=1S/C14H25N/c1-4-6-14-9-13(10-15)8-5-7-11(2)12(14)3/h4,6,11,13H,5,7-10,15H2,1-3H3/b6-4-,14-12-. The summed E-state index contributed by atoms with van der Waals surface area (Å²) in [6, 6.07) is 0. The third-order valence-corrected chi connectivity index (χ3v) is 3.70. The Hall–Kier alpha value is -0.560. The predicted octanol–water partition coefficient (Wildman–Crippen LogP) is 3.66. The normalized spacial score (nSPS) is 34.1. The highest BCUT2D eigenvalue weighted by molar-refractivity contribution is 5.26. The second kappa shape index (κ2) is 6.12. The molecule has 1 nitrogen and oxygen atoms in total. The van der Waals surface area contributed by atoms with Crippen molar-refractivity contribution in [3.63, 3.8) is 0 Å². The summed E-state index contributed by atoms with van der Waals surface area (Å²) in [5.74, 6) is 1.44. The van der Waals surface area contributed by atoms with Crippen molar-refractivity contribution in [1.29, 1.82) is 0 Å². The summed E-state index contributed by atoms with van der Waals surface area (Å²) >= 11 is 0. The van der Waals surface area contributed by atoms with E-state index in [4.69, 9.17) is 5.73 Å². The Morgan fingerprint density at radius 1 is 1.40 bits per heavy atom. The number of hydrogen-bond donors (Lipinski definition) is 1. The first-order valence-electron chi connectivity index (χ1n) is 6.21. The minimum atomic E-state index is 0.693. The molecule has 2 N–H and O–H groups in total. The Morgan fingerprint density at radius 2 is 2.13 bits per heavy atom. The predicted molar refractivity (Wildman–Crippen MR) is 67.7 cm³/mol. The fourth-order valence-corrected chi connectivity index (χ4v) is 2.42. The topological polar surface area (TPSA) is 26.0 Å². The average molecular weight is 207 g/mol. The van der Waals surface area contributed by atoms with Gasteiger partial charge < -0.3 is 5.73 Å². The SMILES string of the molecule is C/C=C\C1=C(/C)C(C)CCCC(CN)C1. The molecule has 1 rings (SSSR count). The molecule has 0 amide bonds. The number of allylic oxidation sites excluding steroid dienone is 4. The summed E-state index contributed by atoms with van der Waals surface area (Å²) in [4.78, 5) is 0. The Balaban J connectivity index is 2.88. The number of hydrogen-bond acceptors (Lipinski definition) is 1. The van der Waals surface area contributed by atoms with Gasteiger partial charge in [-0.05, 0) is 57.1 Å². The molecule has 0 bridgehead atoms. The Bertz CT molecular complexity index is 250. The van der Waals surface area contributed by atoms with Gasteiger partial charge in [-0.3, -0.25) is 0 Å². The van der Waals surface area contributed by atoms with E-state index in [9.17, 15) is 0 Å².